The minimum Gasteiger partial charge on any atom is -0.319 e. The van der Waals surface area contributed by atoms with Gasteiger partial charge >= 0.3 is 0 Å². The standard InChI is InChI=1S/C17H11ClF2N2O2/c1-9(23)22-8-13(12-4-2-10(18)6-16(12)22)17(24)21-15-5-3-11(19)7-14(15)20/h2-8H,1H3,(H,21,24). The van der Waals surface area contributed by atoms with Gasteiger partial charge in [-0.05, 0) is 24.3 Å². The average Bonchev–Trinajstić information content (AvgIpc) is 2.89. The topological polar surface area (TPSA) is 51.1 Å². The second-order valence-corrected chi connectivity index (χ2v) is 5.61. The molecule has 1 amide bonds. The monoisotopic (exact) mass is 348 g/mol. The molecular weight excluding hydrogens is 338 g/mol. The molecule has 2 aromatic carbocycles. The zero-order valence-corrected chi connectivity index (χ0v) is 13.2. The Kier molecular flexibility index (Phi) is 4.07. The molecule has 0 fully saturated rings. The van der Waals surface area contributed by atoms with Crippen molar-refractivity contribution in [1.29, 1.82) is 0 Å². The maximum absolute atomic E-state index is 13.7. The lowest BCUT2D eigenvalue weighted by Crippen LogP contribution is -2.13. The fourth-order valence-corrected chi connectivity index (χ4v) is 2.59. The minimum absolute atomic E-state index is 0.154. The third-order valence-electron chi connectivity index (χ3n) is 3.53. The highest BCUT2D eigenvalue weighted by Crippen LogP contribution is 2.26. The third-order valence-corrected chi connectivity index (χ3v) is 3.77. The Balaban J connectivity index is 2.05. The first-order chi connectivity index (χ1) is 11.4. The van der Waals surface area contributed by atoms with Crippen LogP contribution in [-0.2, 0) is 0 Å². The van der Waals surface area contributed by atoms with Crippen LogP contribution in [0.5, 0.6) is 0 Å². The number of rotatable bonds is 2. The van der Waals surface area contributed by atoms with E-state index in [0.29, 0.717) is 22.0 Å². The van der Waals surface area contributed by atoms with Gasteiger partial charge in [-0.25, -0.2) is 8.78 Å². The van der Waals surface area contributed by atoms with Crippen molar-refractivity contribution in [2.24, 2.45) is 0 Å². The molecule has 0 saturated carbocycles. The molecule has 1 heterocycles. The van der Waals surface area contributed by atoms with Crippen LogP contribution in [0.3, 0.4) is 0 Å². The van der Waals surface area contributed by atoms with Gasteiger partial charge in [-0.15, -0.1) is 0 Å². The smallest absolute Gasteiger partial charge is 0.257 e. The van der Waals surface area contributed by atoms with E-state index in [1.165, 1.54) is 17.7 Å². The number of aromatic nitrogens is 1. The zero-order chi connectivity index (χ0) is 17.4. The van der Waals surface area contributed by atoms with Crippen molar-refractivity contribution in [2.45, 2.75) is 6.92 Å². The predicted octanol–water partition coefficient (Wildman–Crippen LogP) is 4.49. The van der Waals surface area contributed by atoms with E-state index < -0.39 is 17.5 Å². The summed E-state index contributed by atoms with van der Waals surface area (Å²) in [6, 6.07) is 7.60. The van der Waals surface area contributed by atoms with E-state index >= 15 is 0 Å². The number of carbonyl (C=O) groups excluding carboxylic acids is 2. The van der Waals surface area contributed by atoms with Crippen LogP contribution in [0, 0.1) is 11.6 Å². The Labute approximate surface area is 140 Å². The Morgan fingerprint density at radius 2 is 1.88 bits per heavy atom. The lowest BCUT2D eigenvalue weighted by Gasteiger charge is -2.05. The number of hydrogen-bond acceptors (Lipinski definition) is 2. The summed E-state index contributed by atoms with van der Waals surface area (Å²) in [6.45, 7) is 1.35. The Hall–Kier alpha value is -2.73. The van der Waals surface area contributed by atoms with E-state index in [1.54, 1.807) is 18.2 Å². The van der Waals surface area contributed by atoms with Crippen molar-refractivity contribution in [1.82, 2.24) is 4.57 Å². The SMILES string of the molecule is CC(=O)n1cc(C(=O)Nc2ccc(F)cc2F)c2ccc(Cl)cc21. The van der Waals surface area contributed by atoms with Crippen LogP contribution in [0.25, 0.3) is 10.9 Å². The van der Waals surface area contributed by atoms with Crippen molar-refractivity contribution in [3.05, 3.63) is 64.8 Å². The summed E-state index contributed by atoms with van der Waals surface area (Å²) in [4.78, 5) is 24.2. The van der Waals surface area contributed by atoms with Crippen LogP contribution in [0.2, 0.25) is 5.02 Å². The molecule has 3 rings (SSSR count). The van der Waals surface area contributed by atoms with Gasteiger partial charge in [0, 0.05) is 29.6 Å². The number of nitrogens with zero attached hydrogens (tertiary/aromatic N) is 1. The van der Waals surface area contributed by atoms with Crippen molar-refractivity contribution >= 4 is 40.0 Å². The molecule has 0 bridgehead atoms. The average molecular weight is 349 g/mol. The van der Waals surface area contributed by atoms with Gasteiger partial charge in [-0.2, -0.15) is 0 Å². The van der Waals surface area contributed by atoms with E-state index in [2.05, 4.69) is 5.32 Å². The molecule has 1 aromatic heterocycles. The zero-order valence-electron chi connectivity index (χ0n) is 12.4. The molecule has 0 atom stereocenters. The van der Waals surface area contributed by atoms with Gasteiger partial charge in [0.1, 0.15) is 11.6 Å². The van der Waals surface area contributed by atoms with E-state index in [-0.39, 0.29) is 17.2 Å². The number of anilines is 1. The van der Waals surface area contributed by atoms with Gasteiger partial charge in [0.15, 0.2) is 0 Å². The van der Waals surface area contributed by atoms with Crippen molar-refractivity contribution in [3.8, 4) is 0 Å². The first-order valence-electron chi connectivity index (χ1n) is 6.95. The molecule has 0 aliphatic heterocycles. The number of benzene rings is 2. The molecule has 122 valence electrons. The first kappa shape index (κ1) is 16.1. The lowest BCUT2D eigenvalue weighted by molar-refractivity contribution is 0.0941. The summed E-state index contributed by atoms with van der Waals surface area (Å²) in [7, 11) is 0. The van der Waals surface area contributed by atoms with Crippen molar-refractivity contribution < 1.29 is 18.4 Å². The van der Waals surface area contributed by atoms with Crippen molar-refractivity contribution in [3.63, 3.8) is 0 Å². The highest BCUT2D eigenvalue weighted by atomic mass is 35.5. The molecule has 24 heavy (non-hydrogen) atoms. The second kappa shape index (κ2) is 6.05. The van der Waals surface area contributed by atoms with Gasteiger partial charge < -0.3 is 5.32 Å². The maximum atomic E-state index is 13.7. The van der Waals surface area contributed by atoms with Crippen LogP contribution >= 0.6 is 11.6 Å². The van der Waals surface area contributed by atoms with Crippen molar-refractivity contribution in [2.75, 3.05) is 5.32 Å². The lowest BCUT2D eigenvalue weighted by atomic mass is 10.1. The molecule has 3 aromatic rings. The Morgan fingerprint density at radius 3 is 2.54 bits per heavy atom. The van der Waals surface area contributed by atoms with E-state index in [1.807, 2.05) is 0 Å². The summed E-state index contributed by atoms with van der Waals surface area (Å²) >= 11 is 5.94. The van der Waals surface area contributed by atoms with Crippen LogP contribution in [0.4, 0.5) is 14.5 Å². The van der Waals surface area contributed by atoms with Crippen LogP contribution in [-0.4, -0.2) is 16.4 Å². The highest BCUT2D eigenvalue weighted by Gasteiger charge is 2.18. The normalized spacial score (nSPS) is 10.8. The summed E-state index contributed by atoms with van der Waals surface area (Å²) < 4.78 is 27.9. The fourth-order valence-electron chi connectivity index (χ4n) is 2.42. The number of carbonyl (C=O) groups is 2. The van der Waals surface area contributed by atoms with E-state index in [0.717, 1.165) is 12.1 Å². The van der Waals surface area contributed by atoms with Gasteiger partial charge in [-0.3, -0.25) is 14.2 Å². The number of nitrogens with one attached hydrogen (secondary N) is 1. The predicted molar refractivity (Wildman–Crippen MR) is 87.6 cm³/mol. The van der Waals surface area contributed by atoms with E-state index in [9.17, 15) is 18.4 Å². The van der Waals surface area contributed by atoms with Crippen LogP contribution in [0.1, 0.15) is 22.1 Å². The summed E-state index contributed by atoms with van der Waals surface area (Å²) in [5, 5.41) is 3.29. The molecule has 0 radical (unpaired) electrons. The molecule has 4 nitrogen and oxygen atoms in total. The van der Waals surface area contributed by atoms with E-state index in [4.69, 9.17) is 11.6 Å². The minimum atomic E-state index is -0.887. The number of amides is 1. The van der Waals surface area contributed by atoms with Gasteiger partial charge in [0.05, 0.1) is 16.8 Å². The summed E-state index contributed by atoms with van der Waals surface area (Å²) in [5.41, 5.74) is 0.499. The second-order valence-electron chi connectivity index (χ2n) is 5.17. The van der Waals surface area contributed by atoms with Gasteiger partial charge in [0.25, 0.3) is 5.91 Å². The number of halogens is 3. The maximum Gasteiger partial charge on any atom is 0.257 e. The Morgan fingerprint density at radius 1 is 1.12 bits per heavy atom. The first-order valence-corrected chi connectivity index (χ1v) is 7.32. The number of hydrogen-bond donors (Lipinski definition) is 1. The molecular formula is C17H11ClF2N2O2. The summed E-state index contributed by atoms with van der Waals surface area (Å²) in [5.74, 6) is -2.54. The highest BCUT2D eigenvalue weighted by molar-refractivity contribution is 6.31. The third kappa shape index (κ3) is 2.88. The fraction of sp³-hybridized carbons (Fsp3) is 0.0588. The molecule has 0 saturated heterocycles. The number of fused-ring (bicyclic) bond motifs is 1. The molecule has 0 unspecified atom stereocenters. The summed E-state index contributed by atoms with van der Waals surface area (Å²) in [6.07, 6.45) is 1.36. The van der Waals surface area contributed by atoms with Gasteiger partial charge in [-0.1, -0.05) is 17.7 Å². The van der Waals surface area contributed by atoms with Crippen LogP contribution < -0.4 is 5.32 Å². The molecule has 0 aliphatic rings. The molecule has 0 aliphatic carbocycles. The molecule has 1 N–H and O–H groups in total. The Bertz CT molecular complexity index is 982. The molecule has 0 spiro atoms. The van der Waals surface area contributed by atoms with Gasteiger partial charge in [0.2, 0.25) is 5.91 Å². The molecule has 7 heteroatoms. The largest absolute Gasteiger partial charge is 0.319 e. The van der Waals surface area contributed by atoms with Crippen LogP contribution in [0.15, 0.2) is 42.6 Å². The quantitative estimate of drug-likeness (QED) is 0.742.